The van der Waals surface area contributed by atoms with Gasteiger partial charge < -0.3 is 4.90 Å². The van der Waals surface area contributed by atoms with Gasteiger partial charge in [0.2, 0.25) is 11.8 Å². The summed E-state index contributed by atoms with van der Waals surface area (Å²) in [7, 11) is 2.08. The Labute approximate surface area is 125 Å². The molecule has 1 unspecified atom stereocenters. The van der Waals surface area contributed by atoms with E-state index >= 15 is 0 Å². The number of urea groups is 1. The third-order valence-electron chi connectivity index (χ3n) is 4.69. The smallest absolute Gasteiger partial charge is 0.306 e. The zero-order valence-corrected chi connectivity index (χ0v) is 13.3. The zero-order chi connectivity index (χ0) is 15.8. The second-order valence-electron chi connectivity index (χ2n) is 7.05. The first-order valence-electron chi connectivity index (χ1n) is 7.58. The molecule has 0 aromatic rings. The Morgan fingerprint density at radius 1 is 1.24 bits per heavy atom. The van der Waals surface area contributed by atoms with E-state index in [-0.39, 0.29) is 17.2 Å². The first-order valence-corrected chi connectivity index (χ1v) is 7.58. The van der Waals surface area contributed by atoms with E-state index < -0.39 is 17.9 Å². The number of carbonyl (C=O) groups is 3. The van der Waals surface area contributed by atoms with Crippen LogP contribution in [-0.2, 0) is 9.59 Å². The number of rotatable bonds is 3. The number of hydrogen-bond donors (Lipinski definition) is 1. The van der Waals surface area contributed by atoms with E-state index in [1.165, 1.54) is 4.90 Å². The second kappa shape index (κ2) is 5.75. The van der Waals surface area contributed by atoms with Crippen LogP contribution in [0.4, 0.5) is 4.79 Å². The minimum absolute atomic E-state index is 0.0680. The molecular formula is C15H25N3O3. The predicted molar refractivity (Wildman–Crippen MR) is 78.4 cm³/mol. The van der Waals surface area contributed by atoms with Crippen molar-refractivity contribution >= 4 is 17.8 Å². The van der Waals surface area contributed by atoms with Gasteiger partial charge >= 0.3 is 6.03 Å². The lowest BCUT2D eigenvalue weighted by Gasteiger charge is -2.42. The summed E-state index contributed by atoms with van der Waals surface area (Å²) in [6.07, 6.45) is 1.89. The van der Waals surface area contributed by atoms with Gasteiger partial charge in [0.05, 0.1) is 0 Å². The molecule has 2 rings (SSSR count). The Hall–Kier alpha value is -1.43. The molecule has 2 heterocycles. The lowest BCUT2D eigenvalue weighted by molar-refractivity contribution is -0.145. The number of imide groups is 2. The van der Waals surface area contributed by atoms with E-state index in [4.69, 9.17) is 0 Å². The molecule has 118 valence electrons. The highest BCUT2D eigenvalue weighted by molar-refractivity contribution is 6.16. The molecule has 0 radical (unpaired) electrons. The standard InChI is InChI=1S/C15H25N3O3/c1-10(2)11-12(19)16-14(21)18(13(11)20)9-15(3)5-7-17(4)8-6-15/h10-11H,5-9H2,1-4H3,(H,16,19,21). The van der Waals surface area contributed by atoms with Gasteiger partial charge in [0.25, 0.3) is 0 Å². The summed E-state index contributed by atoms with van der Waals surface area (Å²) in [5.74, 6) is -1.68. The summed E-state index contributed by atoms with van der Waals surface area (Å²) >= 11 is 0. The number of hydrogen-bond acceptors (Lipinski definition) is 4. The third kappa shape index (κ3) is 3.26. The van der Waals surface area contributed by atoms with Gasteiger partial charge in [-0.2, -0.15) is 0 Å². The molecule has 0 aliphatic carbocycles. The van der Waals surface area contributed by atoms with Gasteiger partial charge in [-0.05, 0) is 44.3 Å². The third-order valence-corrected chi connectivity index (χ3v) is 4.69. The number of carbonyl (C=O) groups excluding carboxylic acids is 3. The van der Waals surface area contributed by atoms with Gasteiger partial charge in [-0.1, -0.05) is 20.8 Å². The molecule has 0 saturated carbocycles. The number of likely N-dealkylation sites (tertiary alicyclic amines) is 1. The van der Waals surface area contributed by atoms with E-state index in [1.807, 2.05) is 13.8 Å². The van der Waals surface area contributed by atoms with Crippen LogP contribution in [0.3, 0.4) is 0 Å². The molecule has 21 heavy (non-hydrogen) atoms. The number of nitrogens with zero attached hydrogens (tertiary/aromatic N) is 2. The van der Waals surface area contributed by atoms with Gasteiger partial charge in [0.1, 0.15) is 5.92 Å². The second-order valence-corrected chi connectivity index (χ2v) is 7.05. The maximum Gasteiger partial charge on any atom is 0.330 e. The Kier molecular flexibility index (Phi) is 4.37. The Balaban J connectivity index is 2.12. The molecule has 2 aliphatic heterocycles. The molecular weight excluding hydrogens is 270 g/mol. The van der Waals surface area contributed by atoms with Crippen molar-refractivity contribution < 1.29 is 14.4 Å². The van der Waals surface area contributed by atoms with Crippen molar-refractivity contribution in [2.45, 2.75) is 33.6 Å². The van der Waals surface area contributed by atoms with Crippen LogP contribution in [0, 0.1) is 17.3 Å². The first-order chi connectivity index (χ1) is 9.73. The highest BCUT2D eigenvalue weighted by atomic mass is 16.2. The van der Waals surface area contributed by atoms with Gasteiger partial charge in [-0.25, -0.2) is 4.79 Å². The van der Waals surface area contributed by atoms with Crippen LogP contribution in [0.5, 0.6) is 0 Å². The quantitative estimate of drug-likeness (QED) is 0.791. The van der Waals surface area contributed by atoms with Crippen LogP contribution in [0.15, 0.2) is 0 Å². The summed E-state index contributed by atoms with van der Waals surface area (Å²) < 4.78 is 0. The first kappa shape index (κ1) is 15.9. The molecule has 1 atom stereocenters. The average molecular weight is 295 g/mol. The van der Waals surface area contributed by atoms with Crippen LogP contribution in [0.1, 0.15) is 33.6 Å². The average Bonchev–Trinajstić information content (AvgIpc) is 2.38. The fraction of sp³-hybridized carbons (Fsp3) is 0.800. The van der Waals surface area contributed by atoms with E-state index in [9.17, 15) is 14.4 Å². The molecule has 2 fully saturated rings. The molecule has 0 bridgehead atoms. The molecule has 4 amide bonds. The zero-order valence-electron chi connectivity index (χ0n) is 13.3. The summed E-state index contributed by atoms with van der Waals surface area (Å²) in [5, 5.41) is 2.32. The van der Waals surface area contributed by atoms with Crippen molar-refractivity contribution in [1.29, 1.82) is 0 Å². The Bertz CT molecular complexity index is 453. The molecule has 2 saturated heterocycles. The summed E-state index contributed by atoms with van der Waals surface area (Å²) in [5.41, 5.74) is -0.0680. The lowest BCUT2D eigenvalue weighted by atomic mass is 9.79. The molecule has 0 aromatic heterocycles. The molecule has 0 aromatic carbocycles. The number of barbiturate groups is 1. The van der Waals surface area contributed by atoms with Crippen molar-refractivity contribution in [3.8, 4) is 0 Å². The maximum absolute atomic E-state index is 12.5. The minimum Gasteiger partial charge on any atom is -0.306 e. The Morgan fingerprint density at radius 2 is 1.81 bits per heavy atom. The SMILES string of the molecule is CC(C)C1C(=O)NC(=O)N(CC2(C)CCN(C)CC2)C1=O. The number of nitrogens with one attached hydrogen (secondary N) is 1. The van der Waals surface area contributed by atoms with Crippen LogP contribution < -0.4 is 5.32 Å². The van der Waals surface area contributed by atoms with Gasteiger partial charge in [0.15, 0.2) is 0 Å². The van der Waals surface area contributed by atoms with E-state index in [0.29, 0.717) is 6.54 Å². The van der Waals surface area contributed by atoms with Crippen LogP contribution in [0.25, 0.3) is 0 Å². The topological polar surface area (TPSA) is 69.7 Å². The summed E-state index contributed by atoms with van der Waals surface area (Å²) in [4.78, 5) is 39.9. The number of piperidine rings is 1. The van der Waals surface area contributed by atoms with Crippen molar-refractivity contribution in [3.05, 3.63) is 0 Å². The van der Waals surface area contributed by atoms with E-state index in [0.717, 1.165) is 25.9 Å². The van der Waals surface area contributed by atoms with Crippen molar-refractivity contribution in [1.82, 2.24) is 15.1 Å². The van der Waals surface area contributed by atoms with Crippen molar-refractivity contribution in [2.75, 3.05) is 26.7 Å². The maximum atomic E-state index is 12.5. The monoisotopic (exact) mass is 295 g/mol. The molecule has 0 spiro atoms. The van der Waals surface area contributed by atoms with Gasteiger partial charge in [0, 0.05) is 6.54 Å². The lowest BCUT2D eigenvalue weighted by Crippen LogP contribution is -2.61. The van der Waals surface area contributed by atoms with Gasteiger partial charge in [-0.3, -0.25) is 19.8 Å². The largest absolute Gasteiger partial charge is 0.330 e. The fourth-order valence-corrected chi connectivity index (χ4v) is 3.07. The summed E-state index contributed by atoms with van der Waals surface area (Å²) in [6, 6.07) is -0.568. The highest BCUT2D eigenvalue weighted by Crippen LogP contribution is 2.33. The van der Waals surface area contributed by atoms with E-state index in [2.05, 4.69) is 24.2 Å². The van der Waals surface area contributed by atoms with Crippen LogP contribution >= 0.6 is 0 Å². The molecule has 1 N–H and O–H groups in total. The Morgan fingerprint density at radius 3 is 2.33 bits per heavy atom. The van der Waals surface area contributed by atoms with E-state index in [1.54, 1.807) is 0 Å². The fourth-order valence-electron chi connectivity index (χ4n) is 3.07. The number of amides is 4. The highest BCUT2D eigenvalue weighted by Gasteiger charge is 2.44. The molecule has 6 nitrogen and oxygen atoms in total. The minimum atomic E-state index is -0.752. The molecule has 2 aliphatic rings. The molecule has 6 heteroatoms. The van der Waals surface area contributed by atoms with Gasteiger partial charge in [-0.15, -0.1) is 0 Å². The van der Waals surface area contributed by atoms with Crippen molar-refractivity contribution in [2.24, 2.45) is 17.3 Å². The van der Waals surface area contributed by atoms with Crippen LogP contribution in [-0.4, -0.2) is 54.3 Å². The summed E-state index contributed by atoms with van der Waals surface area (Å²) in [6.45, 7) is 8.09. The van der Waals surface area contributed by atoms with Crippen molar-refractivity contribution in [3.63, 3.8) is 0 Å². The predicted octanol–water partition coefficient (Wildman–Crippen LogP) is 1.07. The van der Waals surface area contributed by atoms with Crippen LogP contribution in [0.2, 0.25) is 0 Å². The normalized spacial score (nSPS) is 27.2.